The summed E-state index contributed by atoms with van der Waals surface area (Å²) in [5, 5.41) is 10.2. The van der Waals surface area contributed by atoms with Crippen LogP contribution in [0.3, 0.4) is 0 Å². The van der Waals surface area contributed by atoms with Crippen LogP contribution < -0.4 is 5.56 Å². The van der Waals surface area contributed by atoms with Crippen LogP contribution in [0.2, 0.25) is 0 Å². The SMILES string of the molecule is Cc1c(C(=O)N(CCO)Cc2ccccc2)c(=O)[nH]c2ccccc12. The minimum absolute atomic E-state index is 0.128. The minimum Gasteiger partial charge on any atom is -0.395 e. The fraction of sp³-hybridized carbons (Fsp3) is 0.200. The number of pyridine rings is 1. The van der Waals surface area contributed by atoms with Crippen molar-refractivity contribution in [1.29, 1.82) is 0 Å². The average Bonchev–Trinajstić information content (AvgIpc) is 2.62. The van der Waals surface area contributed by atoms with Gasteiger partial charge in [-0.05, 0) is 24.1 Å². The second-order valence-electron chi connectivity index (χ2n) is 5.94. The quantitative estimate of drug-likeness (QED) is 0.752. The number of H-pyrrole nitrogens is 1. The molecule has 2 aromatic carbocycles. The number of benzene rings is 2. The molecule has 0 aliphatic carbocycles. The Hall–Kier alpha value is -2.92. The van der Waals surface area contributed by atoms with E-state index < -0.39 is 5.56 Å². The molecule has 1 amide bonds. The smallest absolute Gasteiger partial charge is 0.261 e. The molecule has 0 atom stereocenters. The second-order valence-corrected chi connectivity index (χ2v) is 5.94. The van der Waals surface area contributed by atoms with Crippen molar-refractivity contribution in [2.24, 2.45) is 0 Å². The fourth-order valence-corrected chi connectivity index (χ4v) is 3.00. The number of nitrogens with zero attached hydrogens (tertiary/aromatic N) is 1. The Morgan fingerprint density at radius 2 is 1.76 bits per heavy atom. The van der Waals surface area contributed by atoms with Crippen LogP contribution in [0, 0.1) is 6.92 Å². The maximum atomic E-state index is 13.0. The van der Waals surface area contributed by atoms with Crippen LogP contribution in [0.25, 0.3) is 10.9 Å². The normalized spacial score (nSPS) is 10.8. The van der Waals surface area contributed by atoms with E-state index in [0.29, 0.717) is 17.6 Å². The monoisotopic (exact) mass is 336 g/mol. The molecule has 0 aliphatic heterocycles. The van der Waals surface area contributed by atoms with Crippen LogP contribution in [0.1, 0.15) is 21.5 Å². The van der Waals surface area contributed by atoms with Crippen molar-refractivity contribution in [3.05, 3.63) is 81.6 Å². The van der Waals surface area contributed by atoms with E-state index >= 15 is 0 Å². The summed E-state index contributed by atoms with van der Waals surface area (Å²) in [5.74, 6) is -0.373. The molecule has 0 saturated carbocycles. The van der Waals surface area contributed by atoms with Crippen molar-refractivity contribution in [2.45, 2.75) is 13.5 Å². The molecular weight excluding hydrogens is 316 g/mol. The lowest BCUT2D eigenvalue weighted by atomic mass is 10.0. The molecule has 128 valence electrons. The molecule has 0 spiro atoms. The highest BCUT2D eigenvalue weighted by atomic mass is 16.3. The van der Waals surface area contributed by atoms with E-state index in [2.05, 4.69) is 4.98 Å². The largest absolute Gasteiger partial charge is 0.395 e. The van der Waals surface area contributed by atoms with Gasteiger partial charge in [-0.3, -0.25) is 9.59 Å². The molecule has 0 bridgehead atoms. The van der Waals surface area contributed by atoms with Crippen molar-refractivity contribution < 1.29 is 9.90 Å². The first kappa shape index (κ1) is 16.9. The topological polar surface area (TPSA) is 73.4 Å². The Morgan fingerprint density at radius 3 is 2.48 bits per heavy atom. The predicted octanol–water partition coefficient (Wildman–Crippen LogP) is 2.47. The summed E-state index contributed by atoms with van der Waals surface area (Å²) in [5.41, 5.74) is 2.03. The molecule has 0 saturated heterocycles. The predicted molar refractivity (Wildman–Crippen MR) is 97.6 cm³/mol. The molecule has 0 fully saturated rings. The number of aliphatic hydroxyl groups excluding tert-OH is 1. The van der Waals surface area contributed by atoms with Crippen LogP contribution in [0.5, 0.6) is 0 Å². The number of rotatable bonds is 5. The van der Waals surface area contributed by atoms with Gasteiger partial charge < -0.3 is 15.0 Å². The van der Waals surface area contributed by atoms with E-state index in [1.807, 2.05) is 54.6 Å². The molecule has 25 heavy (non-hydrogen) atoms. The zero-order chi connectivity index (χ0) is 17.8. The zero-order valence-corrected chi connectivity index (χ0v) is 14.0. The highest BCUT2D eigenvalue weighted by Crippen LogP contribution is 2.19. The lowest BCUT2D eigenvalue weighted by Gasteiger charge is -2.22. The first-order chi connectivity index (χ1) is 12.1. The summed E-state index contributed by atoms with van der Waals surface area (Å²) in [6, 6.07) is 16.9. The number of amides is 1. The number of carbonyl (C=O) groups is 1. The van der Waals surface area contributed by atoms with E-state index in [0.717, 1.165) is 10.9 Å². The van der Waals surface area contributed by atoms with Crippen molar-refractivity contribution in [3.63, 3.8) is 0 Å². The maximum absolute atomic E-state index is 13.0. The standard InChI is InChI=1S/C20H20N2O3/c1-14-16-9-5-6-10-17(16)21-19(24)18(14)20(25)22(11-12-23)13-15-7-3-2-4-8-15/h2-10,23H,11-13H2,1H3,(H,21,24). The molecule has 3 rings (SSSR count). The zero-order valence-electron chi connectivity index (χ0n) is 14.0. The van der Waals surface area contributed by atoms with Gasteiger partial charge in [-0.2, -0.15) is 0 Å². The van der Waals surface area contributed by atoms with Gasteiger partial charge in [-0.15, -0.1) is 0 Å². The molecule has 0 radical (unpaired) electrons. The Balaban J connectivity index is 2.02. The first-order valence-electron chi connectivity index (χ1n) is 8.17. The van der Waals surface area contributed by atoms with Gasteiger partial charge in [0.15, 0.2) is 0 Å². The Kier molecular flexibility index (Phi) is 4.95. The van der Waals surface area contributed by atoms with Gasteiger partial charge in [-0.25, -0.2) is 0 Å². The minimum atomic E-state index is -0.405. The number of aliphatic hydroxyl groups is 1. The Morgan fingerprint density at radius 1 is 1.08 bits per heavy atom. The fourth-order valence-electron chi connectivity index (χ4n) is 3.00. The second kappa shape index (κ2) is 7.32. The summed E-state index contributed by atoms with van der Waals surface area (Å²) >= 11 is 0. The summed E-state index contributed by atoms with van der Waals surface area (Å²) in [4.78, 5) is 29.8. The number of carbonyl (C=O) groups excluding carboxylic acids is 1. The third-order valence-corrected chi connectivity index (χ3v) is 4.27. The van der Waals surface area contributed by atoms with Crippen LogP contribution in [0.4, 0.5) is 0 Å². The van der Waals surface area contributed by atoms with Gasteiger partial charge in [0.05, 0.1) is 6.61 Å². The summed E-state index contributed by atoms with van der Waals surface area (Å²) in [6.07, 6.45) is 0. The summed E-state index contributed by atoms with van der Waals surface area (Å²) in [7, 11) is 0. The number of aryl methyl sites for hydroxylation is 1. The van der Waals surface area contributed by atoms with Crippen LogP contribution in [-0.4, -0.2) is 34.0 Å². The van der Waals surface area contributed by atoms with Gasteiger partial charge in [0.2, 0.25) is 0 Å². The third-order valence-electron chi connectivity index (χ3n) is 4.27. The number of fused-ring (bicyclic) bond motifs is 1. The molecule has 1 aromatic heterocycles. The van der Waals surface area contributed by atoms with Gasteiger partial charge in [-0.1, -0.05) is 48.5 Å². The van der Waals surface area contributed by atoms with Crippen molar-refractivity contribution in [3.8, 4) is 0 Å². The number of hydrogen-bond acceptors (Lipinski definition) is 3. The van der Waals surface area contributed by atoms with E-state index in [4.69, 9.17) is 0 Å². The maximum Gasteiger partial charge on any atom is 0.261 e. The highest BCUT2D eigenvalue weighted by Gasteiger charge is 2.22. The molecule has 0 aliphatic rings. The van der Waals surface area contributed by atoms with E-state index in [-0.39, 0.29) is 24.6 Å². The van der Waals surface area contributed by atoms with Crippen LogP contribution >= 0.6 is 0 Å². The average molecular weight is 336 g/mol. The van der Waals surface area contributed by atoms with Crippen molar-refractivity contribution in [2.75, 3.05) is 13.2 Å². The number of aromatic amines is 1. The van der Waals surface area contributed by atoms with Gasteiger partial charge in [0.25, 0.3) is 11.5 Å². The molecular formula is C20H20N2O3. The van der Waals surface area contributed by atoms with Gasteiger partial charge >= 0.3 is 0 Å². The van der Waals surface area contributed by atoms with E-state index in [1.165, 1.54) is 4.90 Å². The van der Waals surface area contributed by atoms with Crippen molar-refractivity contribution >= 4 is 16.8 Å². The van der Waals surface area contributed by atoms with Gasteiger partial charge in [0, 0.05) is 24.0 Å². The Labute approximate surface area is 145 Å². The molecule has 5 heteroatoms. The summed E-state index contributed by atoms with van der Waals surface area (Å²) < 4.78 is 0. The van der Waals surface area contributed by atoms with Crippen LogP contribution in [0.15, 0.2) is 59.4 Å². The molecule has 5 nitrogen and oxygen atoms in total. The summed E-state index contributed by atoms with van der Waals surface area (Å²) in [6.45, 7) is 2.12. The number of nitrogens with one attached hydrogen (secondary N) is 1. The molecule has 2 N–H and O–H groups in total. The number of aromatic nitrogens is 1. The lowest BCUT2D eigenvalue weighted by Crippen LogP contribution is -2.37. The first-order valence-corrected chi connectivity index (χ1v) is 8.17. The lowest BCUT2D eigenvalue weighted by molar-refractivity contribution is 0.0705. The van der Waals surface area contributed by atoms with Crippen LogP contribution in [-0.2, 0) is 6.54 Å². The van der Waals surface area contributed by atoms with Gasteiger partial charge in [0.1, 0.15) is 5.56 Å². The van der Waals surface area contributed by atoms with E-state index in [9.17, 15) is 14.7 Å². The molecule has 3 aromatic rings. The van der Waals surface area contributed by atoms with Crippen molar-refractivity contribution in [1.82, 2.24) is 9.88 Å². The van der Waals surface area contributed by atoms with E-state index in [1.54, 1.807) is 6.92 Å². The Bertz CT molecular complexity index is 948. The third kappa shape index (κ3) is 3.46. The molecule has 1 heterocycles. The highest BCUT2D eigenvalue weighted by molar-refractivity contribution is 5.99. The number of hydrogen-bond donors (Lipinski definition) is 2. The molecule has 0 unspecified atom stereocenters. The number of para-hydroxylation sites is 1.